The van der Waals surface area contributed by atoms with Crippen LogP contribution in [0.2, 0.25) is 0 Å². The van der Waals surface area contributed by atoms with Crippen LogP contribution in [-0.4, -0.2) is 16.6 Å². The first-order valence-electron chi connectivity index (χ1n) is 8.29. The van der Waals surface area contributed by atoms with Crippen LogP contribution in [0.3, 0.4) is 0 Å². The van der Waals surface area contributed by atoms with Gasteiger partial charge in [0.1, 0.15) is 17.0 Å². The summed E-state index contributed by atoms with van der Waals surface area (Å²) in [5, 5.41) is 1.07. The van der Waals surface area contributed by atoms with Gasteiger partial charge in [0.05, 0.1) is 12.3 Å². The first kappa shape index (κ1) is 15.4. The number of para-hydroxylation sites is 1. The van der Waals surface area contributed by atoms with E-state index in [9.17, 15) is 0 Å². The molecule has 4 nitrogen and oxygen atoms in total. The SMILES string of the molecule is Cc1oc(-c2ccccc2)nc1CCOc1cccc2cccnc12. The lowest BCUT2D eigenvalue weighted by atomic mass is 10.2. The Morgan fingerprint density at radius 1 is 0.960 bits per heavy atom. The normalized spacial score (nSPS) is 10.9. The molecule has 4 aromatic rings. The van der Waals surface area contributed by atoms with E-state index < -0.39 is 0 Å². The van der Waals surface area contributed by atoms with E-state index in [-0.39, 0.29) is 0 Å². The molecule has 0 unspecified atom stereocenters. The number of rotatable bonds is 5. The molecular formula is C21H18N2O2. The Morgan fingerprint density at radius 3 is 2.68 bits per heavy atom. The van der Waals surface area contributed by atoms with Gasteiger partial charge in [0.15, 0.2) is 0 Å². The second-order valence-electron chi connectivity index (χ2n) is 5.82. The monoisotopic (exact) mass is 330 g/mol. The van der Waals surface area contributed by atoms with Crippen molar-refractivity contribution in [2.45, 2.75) is 13.3 Å². The Balaban J connectivity index is 1.48. The first-order chi connectivity index (χ1) is 12.3. The van der Waals surface area contributed by atoms with E-state index in [0.717, 1.165) is 33.7 Å². The molecule has 0 aliphatic rings. The maximum Gasteiger partial charge on any atom is 0.226 e. The van der Waals surface area contributed by atoms with E-state index in [0.29, 0.717) is 18.9 Å². The third-order valence-electron chi connectivity index (χ3n) is 4.11. The number of benzene rings is 2. The van der Waals surface area contributed by atoms with Gasteiger partial charge in [0.2, 0.25) is 5.89 Å². The molecule has 0 aliphatic heterocycles. The summed E-state index contributed by atoms with van der Waals surface area (Å²) in [6.07, 6.45) is 2.47. The predicted octanol–water partition coefficient (Wildman–Crippen LogP) is 4.82. The molecule has 2 heterocycles. The predicted molar refractivity (Wildman–Crippen MR) is 97.6 cm³/mol. The van der Waals surface area contributed by atoms with Gasteiger partial charge in [-0.25, -0.2) is 4.98 Å². The number of fused-ring (bicyclic) bond motifs is 1. The summed E-state index contributed by atoms with van der Waals surface area (Å²) < 4.78 is 11.7. The minimum absolute atomic E-state index is 0.525. The summed E-state index contributed by atoms with van der Waals surface area (Å²) in [7, 11) is 0. The molecule has 2 aromatic heterocycles. The highest BCUT2D eigenvalue weighted by molar-refractivity contribution is 5.84. The maximum absolute atomic E-state index is 5.95. The van der Waals surface area contributed by atoms with E-state index in [1.54, 1.807) is 6.20 Å². The number of oxazole rings is 1. The Kier molecular flexibility index (Phi) is 4.17. The minimum Gasteiger partial charge on any atom is -0.491 e. The summed E-state index contributed by atoms with van der Waals surface area (Å²) >= 11 is 0. The molecule has 0 saturated heterocycles. The van der Waals surface area contributed by atoms with Crippen molar-refractivity contribution in [3.8, 4) is 17.2 Å². The summed E-state index contributed by atoms with van der Waals surface area (Å²) in [6.45, 7) is 2.46. The lowest BCUT2D eigenvalue weighted by Gasteiger charge is -2.07. The number of aromatic nitrogens is 2. The van der Waals surface area contributed by atoms with Crippen LogP contribution >= 0.6 is 0 Å². The van der Waals surface area contributed by atoms with Gasteiger partial charge >= 0.3 is 0 Å². The molecule has 0 bridgehead atoms. The highest BCUT2D eigenvalue weighted by atomic mass is 16.5. The van der Waals surface area contributed by atoms with Gasteiger partial charge in [-0.15, -0.1) is 0 Å². The van der Waals surface area contributed by atoms with Crippen molar-refractivity contribution >= 4 is 10.9 Å². The summed E-state index contributed by atoms with van der Waals surface area (Å²) in [6, 6.07) is 19.8. The first-order valence-corrected chi connectivity index (χ1v) is 8.29. The van der Waals surface area contributed by atoms with Crippen LogP contribution in [0.15, 0.2) is 71.3 Å². The number of aryl methyl sites for hydroxylation is 1. The zero-order valence-corrected chi connectivity index (χ0v) is 14.0. The summed E-state index contributed by atoms with van der Waals surface area (Å²) in [4.78, 5) is 9.02. The molecule has 0 atom stereocenters. The van der Waals surface area contributed by atoms with Crippen molar-refractivity contribution in [1.29, 1.82) is 0 Å². The molecule has 0 spiro atoms. The molecule has 0 fully saturated rings. The van der Waals surface area contributed by atoms with Gasteiger partial charge in [0.25, 0.3) is 0 Å². The smallest absolute Gasteiger partial charge is 0.226 e. The van der Waals surface area contributed by atoms with Crippen LogP contribution in [0.1, 0.15) is 11.5 Å². The lowest BCUT2D eigenvalue weighted by Crippen LogP contribution is -2.03. The molecule has 0 amide bonds. The molecule has 4 heteroatoms. The summed E-state index contributed by atoms with van der Waals surface area (Å²) in [5.41, 5.74) is 2.79. The van der Waals surface area contributed by atoms with E-state index in [2.05, 4.69) is 9.97 Å². The number of pyridine rings is 1. The Bertz CT molecular complexity index is 988. The van der Waals surface area contributed by atoms with Gasteiger partial charge in [-0.1, -0.05) is 36.4 Å². The van der Waals surface area contributed by atoms with Crippen molar-refractivity contribution in [3.63, 3.8) is 0 Å². The average Bonchev–Trinajstić information content (AvgIpc) is 3.03. The fraction of sp³-hybridized carbons (Fsp3) is 0.143. The Hall–Kier alpha value is -3.14. The number of hydrogen-bond acceptors (Lipinski definition) is 4. The van der Waals surface area contributed by atoms with E-state index >= 15 is 0 Å². The van der Waals surface area contributed by atoms with E-state index in [1.807, 2.05) is 67.6 Å². The minimum atomic E-state index is 0.525. The molecule has 0 aliphatic carbocycles. The van der Waals surface area contributed by atoms with Crippen molar-refractivity contribution in [2.24, 2.45) is 0 Å². The fourth-order valence-electron chi connectivity index (χ4n) is 2.81. The van der Waals surface area contributed by atoms with Crippen LogP contribution < -0.4 is 4.74 Å². The van der Waals surface area contributed by atoms with Crippen LogP contribution in [0, 0.1) is 6.92 Å². The van der Waals surface area contributed by atoms with Crippen molar-refractivity contribution < 1.29 is 9.15 Å². The van der Waals surface area contributed by atoms with Crippen molar-refractivity contribution in [3.05, 3.63) is 78.3 Å². The number of hydrogen-bond donors (Lipinski definition) is 0. The van der Waals surface area contributed by atoms with E-state index in [4.69, 9.17) is 9.15 Å². The van der Waals surface area contributed by atoms with Crippen molar-refractivity contribution in [2.75, 3.05) is 6.61 Å². The second kappa shape index (κ2) is 6.77. The van der Waals surface area contributed by atoms with Crippen molar-refractivity contribution in [1.82, 2.24) is 9.97 Å². The fourth-order valence-corrected chi connectivity index (χ4v) is 2.81. The number of ether oxygens (including phenoxy) is 1. The van der Waals surface area contributed by atoms with Gasteiger partial charge in [0, 0.05) is 23.6 Å². The molecule has 4 rings (SSSR count). The average molecular weight is 330 g/mol. The van der Waals surface area contributed by atoms with Crippen LogP contribution in [0.4, 0.5) is 0 Å². The van der Waals surface area contributed by atoms with Gasteiger partial charge in [-0.05, 0) is 31.2 Å². The zero-order valence-electron chi connectivity index (χ0n) is 14.0. The van der Waals surface area contributed by atoms with E-state index in [1.165, 1.54) is 0 Å². The molecule has 2 aromatic carbocycles. The second-order valence-corrected chi connectivity index (χ2v) is 5.82. The topological polar surface area (TPSA) is 48.2 Å². The highest BCUT2D eigenvalue weighted by Gasteiger charge is 2.11. The van der Waals surface area contributed by atoms with Crippen LogP contribution in [0.5, 0.6) is 5.75 Å². The zero-order chi connectivity index (χ0) is 17.1. The lowest BCUT2D eigenvalue weighted by molar-refractivity contribution is 0.323. The quantitative estimate of drug-likeness (QED) is 0.526. The summed E-state index contributed by atoms with van der Waals surface area (Å²) in [5.74, 6) is 2.28. The molecule has 0 saturated carbocycles. The molecule has 124 valence electrons. The maximum atomic E-state index is 5.95. The van der Waals surface area contributed by atoms with Gasteiger partial charge in [-0.2, -0.15) is 0 Å². The van der Waals surface area contributed by atoms with Gasteiger partial charge < -0.3 is 9.15 Å². The largest absolute Gasteiger partial charge is 0.491 e. The molecule has 0 N–H and O–H groups in total. The highest BCUT2D eigenvalue weighted by Crippen LogP contribution is 2.24. The third-order valence-corrected chi connectivity index (χ3v) is 4.11. The van der Waals surface area contributed by atoms with Crippen LogP contribution in [0.25, 0.3) is 22.4 Å². The number of nitrogens with zero attached hydrogens (tertiary/aromatic N) is 2. The molecule has 25 heavy (non-hydrogen) atoms. The molecule has 0 radical (unpaired) electrons. The Labute approximate surface area is 146 Å². The standard InChI is InChI=1S/C21H18N2O2/c1-15-18(23-21(25-15)17-7-3-2-4-8-17)12-14-24-19-11-5-9-16-10-6-13-22-20(16)19/h2-11,13H,12,14H2,1H3. The van der Waals surface area contributed by atoms with Crippen LogP contribution in [-0.2, 0) is 6.42 Å². The van der Waals surface area contributed by atoms with Gasteiger partial charge in [-0.3, -0.25) is 4.98 Å². The third kappa shape index (κ3) is 3.24. The molecular weight excluding hydrogens is 312 g/mol. The Morgan fingerprint density at radius 2 is 1.80 bits per heavy atom.